The zero-order valence-corrected chi connectivity index (χ0v) is 11.2. The van der Waals surface area contributed by atoms with Gasteiger partial charge in [-0.05, 0) is 28.9 Å². The number of nitrogens with zero attached hydrogens (tertiary/aromatic N) is 3. The first-order valence-electron chi connectivity index (χ1n) is 5.28. The first-order valence-corrected chi connectivity index (χ1v) is 6.07. The quantitative estimate of drug-likeness (QED) is 0.940. The molecule has 2 aromatic rings. The lowest BCUT2D eigenvalue weighted by molar-refractivity contribution is 0.346. The van der Waals surface area contributed by atoms with Crippen LogP contribution in [0, 0.1) is 0 Å². The lowest BCUT2D eigenvalue weighted by atomic mass is 10.1. The number of hydrogen-bond acceptors (Lipinski definition) is 5. The van der Waals surface area contributed by atoms with Crippen LogP contribution in [-0.2, 0) is 0 Å². The Hall–Kier alpha value is -1.27. The van der Waals surface area contributed by atoms with Crippen LogP contribution in [-0.4, -0.2) is 21.2 Å². The van der Waals surface area contributed by atoms with E-state index in [4.69, 9.17) is 10.3 Å². The summed E-state index contributed by atoms with van der Waals surface area (Å²) in [5.41, 5.74) is 6.60. The first-order chi connectivity index (χ1) is 8.08. The van der Waals surface area contributed by atoms with Crippen molar-refractivity contribution >= 4 is 15.9 Å². The molecular weight excluding hydrogens is 284 g/mol. The zero-order valence-electron chi connectivity index (χ0n) is 9.59. The molecule has 2 heterocycles. The summed E-state index contributed by atoms with van der Waals surface area (Å²) in [6.45, 7) is 3.87. The molecular formula is C11H13BrN4O. The maximum atomic E-state index is 5.79. The van der Waals surface area contributed by atoms with Crippen LogP contribution in [0.1, 0.15) is 25.7 Å². The van der Waals surface area contributed by atoms with Gasteiger partial charge < -0.3 is 10.3 Å². The highest BCUT2D eigenvalue weighted by molar-refractivity contribution is 9.10. The van der Waals surface area contributed by atoms with E-state index in [1.807, 2.05) is 19.9 Å². The summed E-state index contributed by atoms with van der Waals surface area (Å²) in [6, 6.07) is 1.86. The molecule has 0 amide bonds. The van der Waals surface area contributed by atoms with Crippen LogP contribution >= 0.6 is 15.9 Å². The van der Waals surface area contributed by atoms with Crippen molar-refractivity contribution in [3.8, 4) is 11.4 Å². The fourth-order valence-electron chi connectivity index (χ4n) is 1.30. The molecule has 0 fully saturated rings. The van der Waals surface area contributed by atoms with Gasteiger partial charge in [0.05, 0.1) is 5.92 Å². The molecule has 0 spiro atoms. The second kappa shape index (κ2) is 4.93. The van der Waals surface area contributed by atoms with Crippen LogP contribution in [0.15, 0.2) is 27.5 Å². The van der Waals surface area contributed by atoms with Crippen LogP contribution in [0.5, 0.6) is 0 Å². The molecule has 17 heavy (non-hydrogen) atoms. The Morgan fingerprint density at radius 1 is 1.35 bits per heavy atom. The van der Waals surface area contributed by atoms with Crippen molar-refractivity contribution in [3.05, 3.63) is 28.8 Å². The molecule has 2 rings (SSSR count). The molecule has 0 radical (unpaired) electrons. The van der Waals surface area contributed by atoms with Gasteiger partial charge in [-0.1, -0.05) is 12.1 Å². The maximum absolute atomic E-state index is 5.79. The summed E-state index contributed by atoms with van der Waals surface area (Å²) in [5.74, 6) is 1.12. The highest BCUT2D eigenvalue weighted by Gasteiger charge is 2.18. The molecule has 90 valence electrons. The minimum atomic E-state index is -0.0241. The Balaban J connectivity index is 2.30. The number of halogens is 1. The van der Waals surface area contributed by atoms with E-state index in [9.17, 15) is 0 Å². The van der Waals surface area contributed by atoms with E-state index >= 15 is 0 Å². The molecule has 2 N–H and O–H groups in total. The molecule has 0 saturated heterocycles. The Morgan fingerprint density at radius 3 is 2.76 bits per heavy atom. The number of aromatic nitrogens is 3. The van der Waals surface area contributed by atoms with Gasteiger partial charge in [0.2, 0.25) is 11.7 Å². The molecule has 0 bridgehead atoms. The largest absolute Gasteiger partial charge is 0.339 e. The van der Waals surface area contributed by atoms with Crippen LogP contribution in [0.3, 0.4) is 0 Å². The van der Waals surface area contributed by atoms with E-state index in [1.165, 1.54) is 0 Å². The monoisotopic (exact) mass is 296 g/mol. The summed E-state index contributed by atoms with van der Waals surface area (Å²) in [4.78, 5) is 8.38. The van der Waals surface area contributed by atoms with Crippen molar-refractivity contribution in [2.24, 2.45) is 5.73 Å². The third-order valence-corrected chi connectivity index (χ3v) is 3.02. The number of pyridine rings is 1. The van der Waals surface area contributed by atoms with Gasteiger partial charge in [0, 0.05) is 28.5 Å². The van der Waals surface area contributed by atoms with Gasteiger partial charge in [-0.2, -0.15) is 4.98 Å². The van der Waals surface area contributed by atoms with Crippen molar-refractivity contribution in [1.82, 2.24) is 15.1 Å². The van der Waals surface area contributed by atoms with Gasteiger partial charge in [-0.3, -0.25) is 4.98 Å². The number of rotatable bonds is 3. The SMILES string of the molecule is CC(N)C(C)c1nc(-c2cncc(Br)c2)no1. The Morgan fingerprint density at radius 2 is 2.12 bits per heavy atom. The molecule has 2 unspecified atom stereocenters. The predicted octanol–water partition coefficient (Wildman–Crippen LogP) is 2.34. The van der Waals surface area contributed by atoms with Gasteiger partial charge in [-0.15, -0.1) is 0 Å². The smallest absolute Gasteiger partial charge is 0.231 e. The molecule has 2 aromatic heterocycles. The van der Waals surface area contributed by atoms with E-state index in [1.54, 1.807) is 12.4 Å². The summed E-state index contributed by atoms with van der Waals surface area (Å²) < 4.78 is 6.07. The first kappa shape index (κ1) is 12.2. The second-order valence-electron chi connectivity index (χ2n) is 4.00. The van der Waals surface area contributed by atoms with E-state index in [0.717, 1.165) is 10.0 Å². The zero-order chi connectivity index (χ0) is 12.4. The van der Waals surface area contributed by atoms with Crippen molar-refractivity contribution in [3.63, 3.8) is 0 Å². The van der Waals surface area contributed by atoms with Crippen molar-refractivity contribution in [1.29, 1.82) is 0 Å². The molecule has 2 atom stereocenters. The van der Waals surface area contributed by atoms with Gasteiger partial charge in [-0.25, -0.2) is 0 Å². The molecule has 5 nitrogen and oxygen atoms in total. The minimum absolute atomic E-state index is 0.0241. The molecule has 0 saturated carbocycles. The van der Waals surface area contributed by atoms with Gasteiger partial charge in [0.15, 0.2) is 0 Å². The average Bonchev–Trinajstić information content (AvgIpc) is 2.77. The number of nitrogens with two attached hydrogens (primary N) is 1. The number of hydrogen-bond donors (Lipinski definition) is 1. The molecule has 0 aliphatic heterocycles. The third kappa shape index (κ3) is 2.70. The summed E-state index contributed by atoms with van der Waals surface area (Å²) in [7, 11) is 0. The standard InChI is InChI=1S/C11H13BrN4O/c1-6(7(2)13)11-15-10(16-17-11)8-3-9(12)5-14-4-8/h3-7H,13H2,1-2H3. The molecule has 0 aliphatic carbocycles. The Bertz CT molecular complexity index is 512. The van der Waals surface area contributed by atoms with E-state index in [0.29, 0.717) is 11.7 Å². The Kier molecular flexibility index (Phi) is 3.54. The van der Waals surface area contributed by atoms with Crippen molar-refractivity contribution in [2.45, 2.75) is 25.8 Å². The predicted molar refractivity (Wildman–Crippen MR) is 67.3 cm³/mol. The van der Waals surface area contributed by atoms with Crippen LogP contribution in [0.2, 0.25) is 0 Å². The van der Waals surface area contributed by atoms with Crippen molar-refractivity contribution in [2.75, 3.05) is 0 Å². The highest BCUT2D eigenvalue weighted by atomic mass is 79.9. The van der Waals surface area contributed by atoms with Crippen molar-refractivity contribution < 1.29 is 4.52 Å². The maximum Gasteiger partial charge on any atom is 0.231 e. The van der Waals surface area contributed by atoms with E-state index in [2.05, 4.69) is 31.1 Å². The molecule has 0 aliphatic rings. The van der Waals surface area contributed by atoms with Crippen LogP contribution < -0.4 is 5.73 Å². The van der Waals surface area contributed by atoms with Gasteiger partial charge in [0.25, 0.3) is 0 Å². The average molecular weight is 297 g/mol. The van der Waals surface area contributed by atoms with Crippen LogP contribution in [0.4, 0.5) is 0 Å². The third-order valence-electron chi connectivity index (χ3n) is 2.58. The summed E-state index contributed by atoms with van der Waals surface area (Å²) >= 11 is 3.35. The highest BCUT2D eigenvalue weighted by Crippen LogP contribution is 2.22. The van der Waals surface area contributed by atoms with Gasteiger partial charge >= 0.3 is 0 Å². The van der Waals surface area contributed by atoms with Gasteiger partial charge in [0.1, 0.15) is 0 Å². The Labute approximate surface area is 108 Å². The lowest BCUT2D eigenvalue weighted by Crippen LogP contribution is -2.22. The minimum Gasteiger partial charge on any atom is -0.339 e. The molecule has 0 aromatic carbocycles. The van der Waals surface area contributed by atoms with E-state index in [-0.39, 0.29) is 12.0 Å². The summed E-state index contributed by atoms with van der Waals surface area (Å²) in [5, 5.41) is 3.93. The topological polar surface area (TPSA) is 77.8 Å². The fourth-order valence-corrected chi connectivity index (χ4v) is 1.66. The normalized spacial score (nSPS) is 14.6. The summed E-state index contributed by atoms with van der Waals surface area (Å²) in [6.07, 6.45) is 3.39. The fraction of sp³-hybridized carbons (Fsp3) is 0.364. The lowest BCUT2D eigenvalue weighted by Gasteiger charge is -2.09. The second-order valence-corrected chi connectivity index (χ2v) is 4.91. The van der Waals surface area contributed by atoms with Crippen LogP contribution in [0.25, 0.3) is 11.4 Å². The van der Waals surface area contributed by atoms with E-state index < -0.39 is 0 Å². The molecule has 6 heteroatoms.